The van der Waals surface area contributed by atoms with E-state index >= 15 is 0 Å². The van der Waals surface area contributed by atoms with Crippen molar-refractivity contribution in [2.24, 2.45) is 0 Å². The maximum atomic E-state index is 11.9. The molecule has 0 aromatic heterocycles. The molecule has 0 aromatic rings. The molecule has 0 aliphatic rings. The fourth-order valence-corrected chi connectivity index (χ4v) is 0.434. The van der Waals surface area contributed by atoms with Gasteiger partial charge in [0.1, 0.15) is 0 Å². The molecule has 0 aromatic carbocycles. The van der Waals surface area contributed by atoms with E-state index < -0.39 is 24.7 Å². The first-order valence-corrected chi connectivity index (χ1v) is 2.82. The summed E-state index contributed by atoms with van der Waals surface area (Å²) in [6.07, 6.45) is -9.79. The largest absolute Gasteiger partial charge is 0.456 e. The van der Waals surface area contributed by atoms with Crippen molar-refractivity contribution in [3.63, 3.8) is 0 Å². The van der Waals surface area contributed by atoms with Gasteiger partial charge in [0.05, 0.1) is 0 Å². The SMILES string of the molecule is CCC(F)C(F)(F)C(F)(F)F.[Zr]. The van der Waals surface area contributed by atoms with Crippen LogP contribution >= 0.6 is 0 Å². The molecule has 0 aliphatic carbocycles. The number of hydrogen-bond acceptors (Lipinski definition) is 0. The second-order valence-electron chi connectivity index (χ2n) is 2.00. The van der Waals surface area contributed by atoms with Gasteiger partial charge in [0.25, 0.3) is 0 Å². The van der Waals surface area contributed by atoms with Crippen molar-refractivity contribution in [3.05, 3.63) is 0 Å². The molecule has 0 fully saturated rings. The Morgan fingerprint density at radius 1 is 1.08 bits per heavy atom. The van der Waals surface area contributed by atoms with Crippen molar-refractivity contribution >= 4 is 0 Å². The van der Waals surface area contributed by atoms with Crippen LogP contribution in [0.2, 0.25) is 0 Å². The molecule has 0 nitrogen and oxygen atoms in total. The number of rotatable bonds is 2. The molecule has 0 saturated heterocycles. The summed E-state index contributed by atoms with van der Waals surface area (Å²) < 4.78 is 69.4. The molecule has 7 heteroatoms. The molecule has 1 atom stereocenters. The van der Waals surface area contributed by atoms with Crippen molar-refractivity contribution in [1.29, 1.82) is 0 Å². The van der Waals surface area contributed by atoms with E-state index in [1.165, 1.54) is 0 Å². The number of halogens is 6. The van der Waals surface area contributed by atoms with E-state index in [0.29, 0.717) is 0 Å². The standard InChI is InChI=1S/C5H6F6.Zr/c1-2-3(6)4(7,8)5(9,10)11;/h3H,2H2,1H3;. The zero-order valence-corrected chi connectivity index (χ0v) is 8.51. The summed E-state index contributed by atoms with van der Waals surface area (Å²) in [5, 5.41) is 0. The van der Waals surface area contributed by atoms with Crippen LogP contribution in [0, 0.1) is 0 Å². The smallest absolute Gasteiger partial charge is 0.240 e. The van der Waals surface area contributed by atoms with Gasteiger partial charge in [0, 0.05) is 26.2 Å². The molecule has 0 rings (SSSR count). The van der Waals surface area contributed by atoms with Crippen LogP contribution in [-0.2, 0) is 26.2 Å². The molecule has 0 aliphatic heterocycles. The van der Waals surface area contributed by atoms with Gasteiger partial charge < -0.3 is 0 Å². The van der Waals surface area contributed by atoms with Crippen LogP contribution in [0.15, 0.2) is 0 Å². The van der Waals surface area contributed by atoms with Crippen LogP contribution in [0.3, 0.4) is 0 Å². The van der Waals surface area contributed by atoms with E-state index in [1.807, 2.05) is 0 Å². The molecule has 0 N–H and O–H groups in total. The van der Waals surface area contributed by atoms with Gasteiger partial charge in [-0.05, 0) is 6.42 Å². The van der Waals surface area contributed by atoms with Crippen LogP contribution in [0.25, 0.3) is 0 Å². The summed E-state index contributed by atoms with van der Waals surface area (Å²) in [6, 6.07) is 0. The summed E-state index contributed by atoms with van der Waals surface area (Å²) in [5.41, 5.74) is 0. The Morgan fingerprint density at radius 2 is 1.42 bits per heavy atom. The summed E-state index contributed by atoms with van der Waals surface area (Å²) >= 11 is 0. The average molecular weight is 271 g/mol. The Kier molecular flexibility index (Phi) is 5.77. The Hall–Kier alpha value is 0.463. The van der Waals surface area contributed by atoms with E-state index in [4.69, 9.17) is 0 Å². The predicted molar refractivity (Wildman–Crippen MR) is 26.2 cm³/mol. The van der Waals surface area contributed by atoms with E-state index in [-0.39, 0.29) is 26.2 Å². The van der Waals surface area contributed by atoms with Crippen molar-refractivity contribution in [1.82, 2.24) is 0 Å². The van der Waals surface area contributed by atoms with E-state index in [0.717, 1.165) is 6.92 Å². The quantitative estimate of drug-likeness (QED) is 0.677. The molecule has 12 heavy (non-hydrogen) atoms. The minimum Gasteiger partial charge on any atom is -0.240 e. The first-order valence-electron chi connectivity index (χ1n) is 2.82. The molecule has 0 amide bonds. The molecule has 0 heterocycles. The van der Waals surface area contributed by atoms with E-state index in [9.17, 15) is 26.3 Å². The molecular formula is C5H6F6Zr. The third kappa shape index (κ3) is 3.07. The van der Waals surface area contributed by atoms with Crippen molar-refractivity contribution in [2.75, 3.05) is 0 Å². The first kappa shape index (κ1) is 15.0. The van der Waals surface area contributed by atoms with Crippen LogP contribution in [0.4, 0.5) is 26.3 Å². The second-order valence-corrected chi connectivity index (χ2v) is 2.00. The summed E-state index contributed by atoms with van der Waals surface area (Å²) in [7, 11) is 0. The van der Waals surface area contributed by atoms with Gasteiger partial charge in [-0.1, -0.05) is 6.92 Å². The summed E-state index contributed by atoms with van der Waals surface area (Å²) in [4.78, 5) is 0. The fourth-order valence-electron chi connectivity index (χ4n) is 0.434. The van der Waals surface area contributed by atoms with Crippen LogP contribution in [0.1, 0.15) is 13.3 Å². The van der Waals surface area contributed by atoms with Crippen LogP contribution < -0.4 is 0 Å². The van der Waals surface area contributed by atoms with Crippen molar-refractivity contribution in [3.8, 4) is 0 Å². The second kappa shape index (κ2) is 4.63. The zero-order valence-electron chi connectivity index (χ0n) is 6.05. The van der Waals surface area contributed by atoms with Gasteiger partial charge in [0.2, 0.25) is 0 Å². The van der Waals surface area contributed by atoms with Crippen molar-refractivity contribution < 1.29 is 52.5 Å². The Bertz CT molecular complexity index is 130. The minimum atomic E-state index is -5.79. The minimum absolute atomic E-state index is 0. The normalized spacial score (nSPS) is 15.2. The number of alkyl halides is 6. The maximum absolute atomic E-state index is 11.9. The Morgan fingerprint density at radius 3 is 1.50 bits per heavy atom. The predicted octanol–water partition coefficient (Wildman–Crippen LogP) is 2.93. The average Bonchev–Trinajstić information content (AvgIpc) is 1.83. The molecule has 72 valence electrons. The first-order chi connectivity index (χ1) is 4.73. The molecule has 1 unspecified atom stereocenters. The third-order valence-corrected chi connectivity index (χ3v) is 1.13. The maximum Gasteiger partial charge on any atom is 0.456 e. The monoisotopic (exact) mass is 270 g/mol. The molecule has 0 radical (unpaired) electrons. The van der Waals surface area contributed by atoms with Gasteiger partial charge >= 0.3 is 12.1 Å². The van der Waals surface area contributed by atoms with Gasteiger partial charge in [-0.15, -0.1) is 0 Å². The Balaban J connectivity index is 0. The third-order valence-electron chi connectivity index (χ3n) is 1.13. The molecule has 0 spiro atoms. The van der Waals surface area contributed by atoms with Crippen LogP contribution in [0.5, 0.6) is 0 Å². The van der Waals surface area contributed by atoms with Gasteiger partial charge in [-0.3, -0.25) is 0 Å². The Labute approximate surface area is 84.4 Å². The fraction of sp³-hybridized carbons (Fsp3) is 1.00. The van der Waals surface area contributed by atoms with E-state index in [1.54, 1.807) is 0 Å². The molecular weight excluding hydrogens is 265 g/mol. The van der Waals surface area contributed by atoms with E-state index in [2.05, 4.69) is 0 Å². The van der Waals surface area contributed by atoms with Gasteiger partial charge in [0.15, 0.2) is 6.17 Å². The van der Waals surface area contributed by atoms with Crippen molar-refractivity contribution in [2.45, 2.75) is 31.6 Å². The summed E-state index contributed by atoms with van der Waals surface area (Å²) in [6.45, 7) is 0.921. The number of hydrogen-bond donors (Lipinski definition) is 0. The van der Waals surface area contributed by atoms with Gasteiger partial charge in [-0.2, -0.15) is 22.0 Å². The zero-order chi connectivity index (χ0) is 9.28. The summed E-state index contributed by atoms with van der Waals surface area (Å²) in [5.74, 6) is -5.22. The van der Waals surface area contributed by atoms with Gasteiger partial charge in [-0.25, -0.2) is 4.39 Å². The molecule has 0 saturated carbocycles. The topological polar surface area (TPSA) is 0 Å². The van der Waals surface area contributed by atoms with Crippen LogP contribution in [-0.4, -0.2) is 18.3 Å². The molecule has 0 bridgehead atoms.